The van der Waals surface area contributed by atoms with Crippen LogP contribution in [0.3, 0.4) is 0 Å². The fraction of sp³-hybridized carbons (Fsp3) is 0.269. The molecule has 9 nitrogen and oxygen atoms in total. The Labute approximate surface area is 211 Å². The Hall–Kier alpha value is -3.92. The molecule has 0 aliphatic rings. The smallest absolute Gasteiger partial charge is 0.251 e. The Morgan fingerprint density at radius 1 is 0.833 bits per heavy atom. The van der Waals surface area contributed by atoms with E-state index in [4.69, 9.17) is 18.9 Å². The van der Waals surface area contributed by atoms with E-state index in [9.17, 15) is 13.2 Å². The number of rotatable bonds is 12. The highest BCUT2D eigenvalue weighted by Crippen LogP contribution is 2.33. The van der Waals surface area contributed by atoms with Gasteiger partial charge in [0, 0.05) is 11.6 Å². The van der Waals surface area contributed by atoms with Gasteiger partial charge < -0.3 is 24.3 Å². The number of methoxy groups -OCH3 is 3. The van der Waals surface area contributed by atoms with Gasteiger partial charge in [0.2, 0.25) is 10.0 Å². The van der Waals surface area contributed by atoms with Gasteiger partial charge in [0.1, 0.15) is 18.1 Å². The largest absolute Gasteiger partial charge is 0.497 e. The summed E-state index contributed by atoms with van der Waals surface area (Å²) in [5.74, 6) is 2.09. The fourth-order valence-corrected chi connectivity index (χ4v) is 4.29. The van der Waals surface area contributed by atoms with Crippen molar-refractivity contribution in [1.82, 2.24) is 5.32 Å². The van der Waals surface area contributed by atoms with Crippen LogP contribution >= 0.6 is 0 Å². The molecule has 0 aliphatic heterocycles. The van der Waals surface area contributed by atoms with Crippen LogP contribution in [0.15, 0.2) is 66.7 Å². The summed E-state index contributed by atoms with van der Waals surface area (Å²) in [6, 6.07) is 18.9. The van der Waals surface area contributed by atoms with Crippen molar-refractivity contribution >= 4 is 21.6 Å². The second kappa shape index (κ2) is 12.2. The number of benzene rings is 3. The Kier molecular flexibility index (Phi) is 9.02. The molecule has 0 heterocycles. The van der Waals surface area contributed by atoms with Crippen LogP contribution in [0.4, 0.5) is 5.69 Å². The highest BCUT2D eigenvalue weighted by Gasteiger charge is 2.20. The average Bonchev–Trinajstić information content (AvgIpc) is 2.89. The molecule has 0 saturated heterocycles. The summed E-state index contributed by atoms with van der Waals surface area (Å²) in [4.78, 5) is 12.5. The first kappa shape index (κ1) is 26.7. The van der Waals surface area contributed by atoms with Gasteiger partial charge in [0.25, 0.3) is 5.91 Å². The maximum absolute atomic E-state index is 12.5. The number of ether oxygens (including phenoxy) is 4. The van der Waals surface area contributed by atoms with Crippen molar-refractivity contribution in [2.24, 2.45) is 0 Å². The van der Waals surface area contributed by atoms with Crippen LogP contribution in [0.25, 0.3) is 0 Å². The first-order valence-corrected chi connectivity index (χ1v) is 12.9. The Balaban J connectivity index is 1.60. The van der Waals surface area contributed by atoms with E-state index in [1.165, 1.54) is 18.5 Å². The maximum Gasteiger partial charge on any atom is 0.251 e. The summed E-state index contributed by atoms with van der Waals surface area (Å²) in [7, 11) is 1.00. The second-order valence-corrected chi connectivity index (χ2v) is 9.69. The number of sulfonamides is 1. The highest BCUT2D eigenvalue weighted by atomic mass is 32.2. The summed E-state index contributed by atoms with van der Waals surface area (Å²) < 4.78 is 47.6. The molecule has 36 heavy (non-hydrogen) atoms. The van der Waals surface area contributed by atoms with Crippen LogP contribution in [0, 0.1) is 0 Å². The third-order valence-electron chi connectivity index (χ3n) is 5.31. The minimum atomic E-state index is -3.59. The van der Waals surface area contributed by atoms with E-state index in [1.54, 1.807) is 73.8 Å². The molecule has 0 atom stereocenters. The normalized spacial score (nSPS) is 10.9. The Morgan fingerprint density at radius 3 is 2.06 bits per heavy atom. The minimum Gasteiger partial charge on any atom is -0.497 e. The first-order chi connectivity index (χ1) is 17.2. The lowest BCUT2D eigenvalue weighted by molar-refractivity contribution is 0.0947. The standard InChI is InChI=1S/C26H30N2O7S/c1-32-22-10-12-23(13-11-22)35-16-15-27-26(29)20-7-5-19(6-8-20)18-28(36(4,30)31)21-9-14-24(33-2)25(17-21)34-3/h5-14,17H,15-16,18H2,1-4H3,(H,27,29). The van der Waals surface area contributed by atoms with Crippen molar-refractivity contribution in [3.05, 3.63) is 77.9 Å². The number of nitrogens with zero attached hydrogens (tertiary/aromatic N) is 1. The van der Waals surface area contributed by atoms with E-state index in [0.717, 1.165) is 17.6 Å². The van der Waals surface area contributed by atoms with Crippen molar-refractivity contribution in [3.8, 4) is 23.0 Å². The molecular formula is C26H30N2O7S. The number of anilines is 1. The highest BCUT2D eigenvalue weighted by molar-refractivity contribution is 7.92. The van der Waals surface area contributed by atoms with Crippen LogP contribution < -0.4 is 28.6 Å². The van der Waals surface area contributed by atoms with Crippen molar-refractivity contribution in [1.29, 1.82) is 0 Å². The average molecular weight is 515 g/mol. The van der Waals surface area contributed by atoms with Crippen LogP contribution in [-0.2, 0) is 16.6 Å². The lowest BCUT2D eigenvalue weighted by Crippen LogP contribution is -2.29. The third kappa shape index (κ3) is 7.05. The molecule has 3 aromatic rings. The van der Waals surface area contributed by atoms with Crippen LogP contribution in [0.2, 0.25) is 0 Å². The number of hydrogen-bond acceptors (Lipinski definition) is 7. The molecule has 0 bridgehead atoms. The molecule has 3 rings (SSSR count). The summed E-state index contributed by atoms with van der Waals surface area (Å²) in [6.45, 7) is 0.727. The molecule has 0 unspecified atom stereocenters. The van der Waals surface area contributed by atoms with E-state index in [2.05, 4.69) is 5.32 Å². The molecule has 0 spiro atoms. The molecule has 0 radical (unpaired) electrons. The van der Waals surface area contributed by atoms with Crippen molar-refractivity contribution in [3.63, 3.8) is 0 Å². The van der Waals surface area contributed by atoms with Gasteiger partial charge in [-0.1, -0.05) is 12.1 Å². The van der Waals surface area contributed by atoms with E-state index < -0.39 is 10.0 Å². The van der Waals surface area contributed by atoms with Crippen LogP contribution in [-0.4, -0.2) is 55.1 Å². The summed E-state index contributed by atoms with van der Waals surface area (Å²) >= 11 is 0. The molecule has 3 aromatic carbocycles. The van der Waals surface area contributed by atoms with Crippen LogP contribution in [0.5, 0.6) is 23.0 Å². The summed E-state index contributed by atoms with van der Waals surface area (Å²) in [5, 5.41) is 2.80. The SMILES string of the molecule is COc1ccc(OCCNC(=O)c2ccc(CN(c3ccc(OC)c(OC)c3)S(C)(=O)=O)cc2)cc1. The lowest BCUT2D eigenvalue weighted by atomic mass is 10.1. The maximum atomic E-state index is 12.5. The monoisotopic (exact) mass is 514 g/mol. The van der Waals surface area contributed by atoms with Crippen LogP contribution in [0.1, 0.15) is 15.9 Å². The molecule has 0 fully saturated rings. The number of carbonyl (C=O) groups is 1. The third-order valence-corrected chi connectivity index (χ3v) is 6.45. The van der Waals surface area contributed by atoms with Crippen molar-refractivity contribution in [2.75, 3.05) is 45.0 Å². The molecule has 0 saturated carbocycles. The second-order valence-electron chi connectivity index (χ2n) is 7.79. The summed E-state index contributed by atoms with van der Waals surface area (Å²) in [6.07, 6.45) is 1.14. The zero-order valence-electron chi connectivity index (χ0n) is 20.7. The van der Waals surface area contributed by atoms with Gasteiger partial charge in [0.05, 0.1) is 46.4 Å². The predicted molar refractivity (Wildman–Crippen MR) is 138 cm³/mol. The minimum absolute atomic E-state index is 0.0892. The van der Waals surface area contributed by atoms with E-state index >= 15 is 0 Å². The van der Waals surface area contributed by atoms with Gasteiger partial charge in [-0.25, -0.2) is 8.42 Å². The predicted octanol–water partition coefficient (Wildman–Crippen LogP) is 3.49. The fourth-order valence-electron chi connectivity index (χ4n) is 3.41. The van der Waals surface area contributed by atoms with Gasteiger partial charge in [-0.3, -0.25) is 9.10 Å². The van der Waals surface area contributed by atoms with E-state index in [0.29, 0.717) is 41.7 Å². The number of nitrogens with one attached hydrogen (secondary N) is 1. The molecule has 0 aromatic heterocycles. The zero-order valence-corrected chi connectivity index (χ0v) is 21.5. The molecule has 0 aliphatic carbocycles. The zero-order chi connectivity index (χ0) is 26.1. The van der Waals surface area contributed by atoms with Gasteiger partial charge in [0.15, 0.2) is 11.5 Å². The van der Waals surface area contributed by atoms with Gasteiger partial charge in [-0.15, -0.1) is 0 Å². The number of amides is 1. The first-order valence-electron chi connectivity index (χ1n) is 11.1. The van der Waals surface area contributed by atoms with Gasteiger partial charge >= 0.3 is 0 Å². The van der Waals surface area contributed by atoms with Gasteiger partial charge in [-0.05, 0) is 54.1 Å². The van der Waals surface area contributed by atoms with Crippen molar-refractivity contribution in [2.45, 2.75) is 6.54 Å². The quantitative estimate of drug-likeness (QED) is 0.369. The van der Waals surface area contributed by atoms with Gasteiger partial charge in [-0.2, -0.15) is 0 Å². The lowest BCUT2D eigenvalue weighted by Gasteiger charge is -2.23. The van der Waals surface area contributed by atoms with E-state index in [1.807, 2.05) is 0 Å². The number of carbonyl (C=O) groups excluding carboxylic acids is 1. The topological polar surface area (TPSA) is 103 Å². The molecular weight excluding hydrogens is 484 g/mol. The van der Waals surface area contributed by atoms with E-state index in [-0.39, 0.29) is 12.5 Å². The Bertz CT molecular complexity index is 1260. The number of hydrogen-bond donors (Lipinski definition) is 1. The summed E-state index contributed by atoms with van der Waals surface area (Å²) in [5.41, 5.74) is 1.61. The molecule has 1 amide bonds. The molecule has 192 valence electrons. The molecule has 10 heteroatoms. The Morgan fingerprint density at radius 2 is 1.47 bits per heavy atom. The molecule has 1 N–H and O–H groups in total. The van der Waals surface area contributed by atoms with Crippen molar-refractivity contribution < 1.29 is 32.2 Å².